The summed E-state index contributed by atoms with van der Waals surface area (Å²) in [4.78, 5) is 34.0. The first-order chi connectivity index (χ1) is 10.1. The number of amides is 1. The lowest BCUT2D eigenvalue weighted by atomic mass is 10.2. The van der Waals surface area contributed by atoms with Gasteiger partial charge in [0.2, 0.25) is 0 Å². The second kappa shape index (κ2) is 6.88. The van der Waals surface area contributed by atoms with Crippen LogP contribution in [-0.4, -0.2) is 39.1 Å². The average molecular weight is 310 g/mol. The molecule has 8 nitrogen and oxygen atoms in total. The van der Waals surface area contributed by atoms with Gasteiger partial charge in [-0.15, -0.1) is 0 Å². The molecule has 0 fully saturated rings. The number of ether oxygens (including phenoxy) is 1. The number of hydrogen-bond donors (Lipinski definition) is 1. The fraction of sp³-hybridized carbons (Fsp3) is 0.429. The lowest BCUT2D eigenvalue weighted by Crippen LogP contribution is -2.39. The quantitative estimate of drug-likeness (QED) is 0.660. The summed E-state index contributed by atoms with van der Waals surface area (Å²) >= 11 is 0. The molecule has 1 aromatic rings. The number of carbonyl (C=O) groups is 2. The van der Waals surface area contributed by atoms with Crippen molar-refractivity contribution in [2.75, 3.05) is 6.54 Å². The lowest BCUT2D eigenvalue weighted by Gasteiger charge is -2.26. The van der Waals surface area contributed by atoms with Crippen LogP contribution in [0.1, 0.15) is 26.3 Å². The molecule has 0 unspecified atom stereocenters. The summed E-state index contributed by atoms with van der Waals surface area (Å²) in [6, 6.07) is 5.53. The SMILES string of the molecule is CC(C)(C)OC(=O)N(CC(=O)O)Cc1ccc([N+](=O)[O-])cc1. The number of benzene rings is 1. The van der Waals surface area contributed by atoms with Crippen molar-refractivity contribution >= 4 is 17.7 Å². The second-order valence-corrected chi connectivity index (χ2v) is 5.65. The van der Waals surface area contributed by atoms with Gasteiger partial charge in [0, 0.05) is 18.7 Å². The van der Waals surface area contributed by atoms with Gasteiger partial charge in [0.05, 0.1) is 4.92 Å². The van der Waals surface area contributed by atoms with E-state index in [9.17, 15) is 19.7 Å². The molecule has 0 aliphatic carbocycles. The van der Waals surface area contributed by atoms with Gasteiger partial charge in [-0.05, 0) is 26.3 Å². The Bertz CT molecular complexity index is 562. The Hall–Kier alpha value is -2.64. The van der Waals surface area contributed by atoms with Crippen LogP contribution in [0, 0.1) is 10.1 Å². The van der Waals surface area contributed by atoms with Crippen molar-refractivity contribution in [2.24, 2.45) is 0 Å². The molecule has 0 radical (unpaired) electrons. The smallest absolute Gasteiger partial charge is 0.411 e. The molecule has 0 bridgehead atoms. The maximum atomic E-state index is 12.0. The highest BCUT2D eigenvalue weighted by atomic mass is 16.6. The summed E-state index contributed by atoms with van der Waals surface area (Å²) in [5, 5.41) is 19.5. The van der Waals surface area contributed by atoms with Crippen molar-refractivity contribution in [1.29, 1.82) is 0 Å². The maximum Gasteiger partial charge on any atom is 0.411 e. The number of nitrogens with zero attached hydrogens (tertiary/aromatic N) is 2. The molecule has 120 valence electrons. The molecular formula is C14H18N2O6. The van der Waals surface area contributed by atoms with Crippen LogP contribution in [0.15, 0.2) is 24.3 Å². The molecule has 0 atom stereocenters. The third-order valence-corrected chi connectivity index (χ3v) is 2.50. The standard InChI is InChI=1S/C14H18N2O6/c1-14(2,3)22-13(19)15(9-12(17)18)8-10-4-6-11(7-5-10)16(20)21/h4-7H,8-9H2,1-3H3,(H,17,18). The van der Waals surface area contributed by atoms with Crippen molar-refractivity contribution in [2.45, 2.75) is 32.9 Å². The predicted octanol–water partition coefficient (Wildman–Crippen LogP) is 2.42. The molecule has 0 heterocycles. The predicted molar refractivity (Wildman–Crippen MR) is 77.4 cm³/mol. The van der Waals surface area contributed by atoms with Gasteiger partial charge in [-0.2, -0.15) is 0 Å². The van der Waals surface area contributed by atoms with Gasteiger partial charge in [0.15, 0.2) is 0 Å². The largest absolute Gasteiger partial charge is 0.480 e. The van der Waals surface area contributed by atoms with E-state index in [2.05, 4.69) is 0 Å². The maximum absolute atomic E-state index is 12.0. The molecule has 1 N–H and O–H groups in total. The van der Waals surface area contributed by atoms with E-state index in [4.69, 9.17) is 9.84 Å². The minimum atomic E-state index is -1.17. The number of non-ortho nitro benzene ring substituents is 1. The summed E-state index contributed by atoms with van der Waals surface area (Å²) in [6.45, 7) is 4.49. The zero-order valence-corrected chi connectivity index (χ0v) is 12.6. The topological polar surface area (TPSA) is 110 Å². The highest BCUT2D eigenvalue weighted by molar-refractivity contribution is 5.76. The molecule has 1 rings (SSSR count). The van der Waals surface area contributed by atoms with Crippen LogP contribution in [0.4, 0.5) is 10.5 Å². The normalized spacial score (nSPS) is 10.9. The van der Waals surface area contributed by atoms with Crippen LogP contribution in [-0.2, 0) is 16.1 Å². The van der Waals surface area contributed by atoms with Gasteiger partial charge in [-0.3, -0.25) is 19.8 Å². The Kier molecular flexibility index (Phi) is 5.44. The van der Waals surface area contributed by atoms with Crippen molar-refractivity contribution in [3.8, 4) is 0 Å². The third kappa shape index (κ3) is 5.78. The molecule has 0 saturated heterocycles. The van der Waals surface area contributed by atoms with Gasteiger partial charge >= 0.3 is 12.1 Å². The molecule has 0 saturated carbocycles. The Morgan fingerprint density at radius 1 is 1.27 bits per heavy atom. The fourth-order valence-corrected chi connectivity index (χ4v) is 1.62. The van der Waals surface area contributed by atoms with Crippen molar-refractivity contribution in [3.63, 3.8) is 0 Å². The number of hydrogen-bond acceptors (Lipinski definition) is 5. The number of aliphatic carboxylic acids is 1. The van der Waals surface area contributed by atoms with E-state index < -0.39 is 29.1 Å². The van der Waals surface area contributed by atoms with Crippen molar-refractivity contribution < 1.29 is 24.4 Å². The molecule has 8 heteroatoms. The van der Waals surface area contributed by atoms with Crippen LogP contribution in [0.5, 0.6) is 0 Å². The van der Waals surface area contributed by atoms with Crippen LogP contribution in [0.3, 0.4) is 0 Å². The number of nitro groups is 1. The zero-order valence-electron chi connectivity index (χ0n) is 12.6. The second-order valence-electron chi connectivity index (χ2n) is 5.65. The monoisotopic (exact) mass is 310 g/mol. The molecule has 0 aliphatic rings. The first-order valence-corrected chi connectivity index (χ1v) is 6.51. The summed E-state index contributed by atoms with van der Waals surface area (Å²) in [6.07, 6.45) is -0.756. The van der Waals surface area contributed by atoms with Gasteiger partial charge in [0.25, 0.3) is 5.69 Å². The van der Waals surface area contributed by atoms with Gasteiger partial charge in [-0.25, -0.2) is 4.79 Å². The van der Waals surface area contributed by atoms with Crippen LogP contribution in [0.2, 0.25) is 0 Å². The van der Waals surface area contributed by atoms with Crippen molar-refractivity contribution in [3.05, 3.63) is 39.9 Å². The molecule has 1 amide bonds. The molecular weight excluding hydrogens is 292 g/mol. The number of carbonyl (C=O) groups excluding carboxylic acids is 1. The summed E-state index contributed by atoms with van der Waals surface area (Å²) in [5.74, 6) is -1.17. The summed E-state index contributed by atoms with van der Waals surface area (Å²) in [5.41, 5.74) is -0.257. The number of nitro benzene ring substituents is 1. The first kappa shape index (κ1) is 17.4. The zero-order chi connectivity index (χ0) is 16.9. The first-order valence-electron chi connectivity index (χ1n) is 6.51. The van der Waals surface area contributed by atoms with Crippen molar-refractivity contribution in [1.82, 2.24) is 4.90 Å². The average Bonchev–Trinajstić information content (AvgIpc) is 2.36. The van der Waals surface area contributed by atoms with E-state index in [1.807, 2.05) is 0 Å². The minimum absolute atomic E-state index is 0.0147. The Labute approximate surface area is 127 Å². The van der Waals surface area contributed by atoms with E-state index in [1.165, 1.54) is 24.3 Å². The van der Waals surface area contributed by atoms with Gasteiger partial charge in [-0.1, -0.05) is 12.1 Å². The molecule has 0 spiro atoms. The molecule has 0 aliphatic heterocycles. The molecule has 22 heavy (non-hydrogen) atoms. The number of carboxylic acid groups (broad SMARTS) is 1. The van der Waals surface area contributed by atoms with E-state index in [0.29, 0.717) is 5.56 Å². The number of carboxylic acids is 1. The minimum Gasteiger partial charge on any atom is -0.480 e. The van der Waals surface area contributed by atoms with E-state index in [0.717, 1.165) is 4.90 Å². The Morgan fingerprint density at radius 3 is 2.23 bits per heavy atom. The molecule has 1 aromatic carbocycles. The lowest BCUT2D eigenvalue weighted by molar-refractivity contribution is -0.384. The van der Waals surface area contributed by atoms with Gasteiger partial charge < -0.3 is 9.84 Å². The third-order valence-electron chi connectivity index (χ3n) is 2.50. The van der Waals surface area contributed by atoms with Crippen LogP contribution < -0.4 is 0 Å². The summed E-state index contributed by atoms with van der Waals surface area (Å²) in [7, 11) is 0. The Morgan fingerprint density at radius 2 is 1.82 bits per heavy atom. The van der Waals surface area contributed by atoms with E-state index >= 15 is 0 Å². The van der Waals surface area contributed by atoms with E-state index in [1.54, 1.807) is 20.8 Å². The number of rotatable bonds is 5. The highest BCUT2D eigenvalue weighted by Crippen LogP contribution is 2.15. The Balaban J connectivity index is 2.86. The highest BCUT2D eigenvalue weighted by Gasteiger charge is 2.24. The van der Waals surface area contributed by atoms with Crippen LogP contribution >= 0.6 is 0 Å². The van der Waals surface area contributed by atoms with E-state index in [-0.39, 0.29) is 12.2 Å². The molecule has 0 aromatic heterocycles. The van der Waals surface area contributed by atoms with Crippen LogP contribution in [0.25, 0.3) is 0 Å². The van der Waals surface area contributed by atoms with Gasteiger partial charge in [0.1, 0.15) is 12.1 Å². The fourth-order valence-electron chi connectivity index (χ4n) is 1.62. The summed E-state index contributed by atoms with van der Waals surface area (Å²) < 4.78 is 5.15.